The number of hydrogen-bond donors (Lipinski definition) is 0. The van der Waals surface area contributed by atoms with E-state index >= 15 is 0 Å². The van der Waals surface area contributed by atoms with Crippen LogP contribution in [0.25, 0.3) is 0 Å². The molecule has 0 N–H and O–H groups in total. The highest BCUT2D eigenvalue weighted by Gasteiger charge is 2.18. The number of hydrogen-bond acceptors (Lipinski definition) is 1. The second kappa shape index (κ2) is 6.45. The summed E-state index contributed by atoms with van der Waals surface area (Å²) in [7, 11) is 0. The summed E-state index contributed by atoms with van der Waals surface area (Å²) >= 11 is 6.36. The van der Waals surface area contributed by atoms with Crippen LogP contribution < -0.4 is 0 Å². The van der Waals surface area contributed by atoms with E-state index in [1.807, 2.05) is 0 Å². The van der Waals surface area contributed by atoms with Crippen LogP contribution in [0.4, 0.5) is 8.78 Å². The number of benzene rings is 1. The van der Waals surface area contributed by atoms with E-state index in [9.17, 15) is 13.6 Å². The van der Waals surface area contributed by atoms with Crippen molar-refractivity contribution in [2.75, 3.05) is 5.33 Å². The Balaban J connectivity index is 3.14. The molecule has 0 saturated heterocycles. The van der Waals surface area contributed by atoms with E-state index < -0.39 is 6.43 Å². The molecule has 0 fully saturated rings. The fourth-order valence-electron chi connectivity index (χ4n) is 1.34. The third kappa shape index (κ3) is 3.35. The first kappa shape index (κ1) is 13.8. The smallest absolute Gasteiger partial charge is 0.264 e. The molecule has 88 valence electrons. The minimum Gasteiger partial charge on any atom is -0.294 e. The van der Waals surface area contributed by atoms with Gasteiger partial charge in [-0.25, -0.2) is 8.78 Å². The van der Waals surface area contributed by atoms with Gasteiger partial charge in [0.05, 0.1) is 0 Å². The average Bonchev–Trinajstić information content (AvgIpc) is 2.28. The summed E-state index contributed by atoms with van der Waals surface area (Å²) in [5, 5.41) is 1.03. The van der Waals surface area contributed by atoms with Crippen molar-refractivity contribution in [1.82, 2.24) is 0 Å². The minimum absolute atomic E-state index is 0.131. The van der Waals surface area contributed by atoms with Gasteiger partial charge in [-0.3, -0.25) is 4.79 Å². The van der Waals surface area contributed by atoms with Gasteiger partial charge in [0.25, 0.3) is 6.43 Å². The second-order valence-corrected chi connectivity index (χ2v) is 4.57. The van der Waals surface area contributed by atoms with Gasteiger partial charge in [0.2, 0.25) is 0 Å². The van der Waals surface area contributed by atoms with Crippen molar-refractivity contribution in [3.8, 4) is 0 Å². The Morgan fingerprint density at radius 2 is 2.00 bits per heavy atom. The van der Waals surface area contributed by atoms with Crippen molar-refractivity contribution in [2.45, 2.75) is 18.2 Å². The molecule has 0 aliphatic heterocycles. The maximum atomic E-state index is 12.7. The lowest BCUT2D eigenvalue weighted by Gasteiger charge is -2.09. The molecule has 0 spiro atoms. The number of halogens is 4. The van der Waals surface area contributed by atoms with Gasteiger partial charge in [-0.15, -0.1) is 0 Å². The summed E-state index contributed by atoms with van der Waals surface area (Å²) in [5.74, 6) is -0.255. The van der Waals surface area contributed by atoms with Crippen LogP contribution in [0.5, 0.6) is 0 Å². The molecule has 0 atom stereocenters. The molecule has 0 aliphatic rings. The molecular weight excluding hydrogens is 346 g/mol. The molecule has 0 bridgehead atoms. The predicted molar refractivity (Wildman–Crippen MR) is 66.8 cm³/mol. The Kier molecular flexibility index (Phi) is 5.55. The molecule has 5 heteroatoms. The fraction of sp³-hybridized carbons (Fsp3) is 0.364. The van der Waals surface area contributed by atoms with Crippen molar-refractivity contribution >= 4 is 37.6 Å². The van der Waals surface area contributed by atoms with Gasteiger partial charge in [-0.05, 0) is 11.6 Å². The summed E-state index contributed by atoms with van der Waals surface area (Å²) < 4.78 is 25.4. The zero-order valence-electron chi connectivity index (χ0n) is 8.35. The van der Waals surface area contributed by atoms with Gasteiger partial charge in [-0.1, -0.05) is 44.0 Å². The number of alkyl halides is 4. The first-order valence-corrected chi connectivity index (χ1v) is 6.90. The van der Waals surface area contributed by atoms with E-state index in [2.05, 4.69) is 31.9 Å². The Morgan fingerprint density at radius 3 is 2.50 bits per heavy atom. The molecule has 0 radical (unpaired) electrons. The van der Waals surface area contributed by atoms with Crippen molar-refractivity contribution in [1.29, 1.82) is 0 Å². The van der Waals surface area contributed by atoms with Crippen LogP contribution in [0, 0.1) is 0 Å². The molecule has 0 unspecified atom stereocenters. The van der Waals surface area contributed by atoms with Crippen molar-refractivity contribution in [3.05, 3.63) is 34.9 Å². The SMILES string of the molecule is O=C(CCBr)c1cc(CBr)ccc1C(F)F. The van der Waals surface area contributed by atoms with Gasteiger partial charge < -0.3 is 0 Å². The summed E-state index contributed by atoms with van der Waals surface area (Å²) in [6.07, 6.45) is -2.38. The van der Waals surface area contributed by atoms with Gasteiger partial charge in [-0.2, -0.15) is 0 Å². The lowest BCUT2D eigenvalue weighted by atomic mass is 10.00. The highest BCUT2D eigenvalue weighted by atomic mass is 79.9. The first-order chi connectivity index (χ1) is 7.60. The van der Waals surface area contributed by atoms with Gasteiger partial charge in [0.1, 0.15) is 0 Å². The maximum Gasteiger partial charge on any atom is 0.264 e. The van der Waals surface area contributed by atoms with Crippen molar-refractivity contribution in [2.24, 2.45) is 0 Å². The van der Waals surface area contributed by atoms with Crippen LogP contribution >= 0.6 is 31.9 Å². The topological polar surface area (TPSA) is 17.1 Å². The molecule has 1 aromatic rings. The fourth-order valence-corrected chi connectivity index (χ4v) is 2.05. The lowest BCUT2D eigenvalue weighted by Crippen LogP contribution is -2.05. The van der Waals surface area contributed by atoms with E-state index in [-0.39, 0.29) is 23.3 Å². The van der Waals surface area contributed by atoms with Crippen LogP contribution in [0.3, 0.4) is 0 Å². The number of Topliss-reactive ketones (excluding diaryl/α,β-unsaturated/α-hetero) is 1. The Labute approximate surface area is 109 Å². The summed E-state index contributed by atoms with van der Waals surface area (Å²) in [5.41, 5.74) is 0.768. The molecule has 0 amide bonds. The monoisotopic (exact) mass is 354 g/mol. The zero-order valence-corrected chi connectivity index (χ0v) is 11.5. The number of carbonyl (C=O) groups excluding carboxylic acids is 1. The molecule has 0 heterocycles. The molecule has 0 saturated carbocycles. The van der Waals surface area contributed by atoms with Crippen molar-refractivity contribution in [3.63, 3.8) is 0 Å². The number of ketones is 1. The molecule has 16 heavy (non-hydrogen) atoms. The van der Waals surface area contributed by atoms with E-state index in [0.29, 0.717) is 10.7 Å². The van der Waals surface area contributed by atoms with Gasteiger partial charge in [0, 0.05) is 28.2 Å². The van der Waals surface area contributed by atoms with E-state index in [1.165, 1.54) is 12.1 Å². The van der Waals surface area contributed by atoms with E-state index in [0.717, 1.165) is 5.56 Å². The molecule has 0 aromatic heterocycles. The largest absolute Gasteiger partial charge is 0.294 e. The van der Waals surface area contributed by atoms with Gasteiger partial charge in [0.15, 0.2) is 5.78 Å². The number of carbonyl (C=O) groups is 1. The molecule has 1 aromatic carbocycles. The first-order valence-electron chi connectivity index (χ1n) is 4.66. The Bertz CT molecular complexity index is 380. The summed E-state index contributed by atoms with van der Waals surface area (Å²) in [4.78, 5) is 11.7. The quantitative estimate of drug-likeness (QED) is 0.562. The normalized spacial score (nSPS) is 10.8. The third-order valence-electron chi connectivity index (χ3n) is 2.13. The van der Waals surface area contributed by atoms with E-state index in [4.69, 9.17) is 0 Å². The highest BCUT2D eigenvalue weighted by molar-refractivity contribution is 9.09. The molecular formula is C11H10Br2F2O. The summed E-state index contributed by atoms with van der Waals surface area (Å²) in [6.45, 7) is 0. The standard InChI is InChI=1S/C11H10Br2F2O/c12-4-3-10(16)9-5-7(6-13)1-2-8(9)11(14)15/h1-2,5,11H,3-4,6H2. The maximum absolute atomic E-state index is 12.7. The van der Waals surface area contributed by atoms with Crippen LogP contribution in [-0.2, 0) is 5.33 Å². The Hall–Kier alpha value is -0.290. The average molecular weight is 356 g/mol. The highest BCUT2D eigenvalue weighted by Crippen LogP contribution is 2.25. The minimum atomic E-state index is -2.61. The van der Waals surface area contributed by atoms with Crippen LogP contribution in [-0.4, -0.2) is 11.1 Å². The van der Waals surface area contributed by atoms with Gasteiger partial charge >= 0.3 is 0 Å². The lowest BCUT2D eigenvalue weighted by molar-refractivity contribution is 0.0976. The molecule has 1 nitrogen and oxygen atoms in total. The van der Waals surface area contributed by atoms with E-state index in [1.54, 1.807) is 6.07 Å². The molecule has 1 rings (SSSR count). The Morgan fingerprint density at radius 1 is 1.31 bits per heavy atom. The third-order valence-corrected chi connectivity index (χ3v) is 3.17. The summed E-state index contributed by atoms with van der Waals surface area (Å²) in [6, 6.07) is 4.45. The van der Waals surface area contributed by atoms with Crippen LogP contribution in [0.1, 0.15) is 34.3 Å². The number of rotatable bonds is 5. The van der Waals surface area contributed by atoms with Crippen LogP contribution in [0.2, 0.25) is 0 Å². The van der Waals surface area contributed by atoms with Crippen LogP contribution in [0.15, 0.2) is 18.2 Å². The molecule has 0 aliphatic carbocycles. The second-order valence-electron chi connectivity index (χ2n) is 3.22. The zero-order chi connectivity index (χ0) is 12.1. The predicted octanol–water partition coefficient (Wildman–Crippen LogP) is 4.49. The van der Waals surface area contributed by atoms with Crippen molar-refractivity contribution < 1.29 is 13.6 Å².